The molecule has 0 spiro atoms. The van der Waals surface area contributed by atoms with Gasteiger partial charge in [0.1, 0.15) is 0 Å². The number of rotatable bonds is 2. The normalized spacial score (nSPS) is 11.2. The first-order valence-corrected chi connectivity index (χ1v) is 7.67. The standard InChI is InChI=1S/C13H9Br2NS/c14-10-2-1-3-12-9(10)4-6-16(12)8-13-11(15)5-7-17-13/h1-7H,8H2. The summed E-state index contributed by atoms with van der Waals surface area (Å²) in [6.45, 7) is 0.915. The number of fused-ring (bicyclic) bond motifs is 1. The first kappa shape index (κ1) is 11.5. The summed E-state index contributed by atoms with van der Waals surface area (Å²) < 4.78 is 4.62. The van der Waals surface area contributed by atoms with Gasteiger partial charge in [0.25, 0.3) is 0 Å². The van der Waals surface area contributed by atoms with Gasteiger partial charge in [-0.25, -0.2) is 0 Å². The second-order valence-corrected chi connectivity index (χ2v) is 6.52. The highest BCUT2D eigenvalue weighted by molar-refractivity contribution is 9.11. The number of hydrogen-bond acceptors (Lipinski definition) is 1. The van der Waals surface area contributed by atoms with Crippen LogP contribution in [-0.2, 0) is 6.54 Å². The lowest BCUT2D eigenvalue weighted by Gasteiger charge is -2.04. The zero-order valence-electron chi connectivity index (χ0n) is 8.86. The van der Waals surface area contributed by atoms with Crippen LogP contribution in [0.3, 0.4) is 0 Å². The molecule has 0 fully saturated rings. The van der Waals surface area contributed by atoms with Gasteiger partial charge in [0.2, 0.25) is 0 Å². The van der Waals surface area contributed by atoms with Crippen LogP contribution in [0.5, 0.6) is 0 Å². The molecular formula is C13H9Br2NS. The van der Waals surface area contributed by atoms with E-state index in [1.54, 1.807) is 11.3 Å². The van der Waals surface area contributed by atoms with Gasteiger partial charge < -0.3 is 4.57 Å². The van der Waals surface area contributed by atoms with Crippen molar-refractivity contribution < 1.29 is 0 Å². The van der Waals surface area contributed by atoms with Crippen molar-refractivity contribution in [3.05, 3.63) is 55.7 Å². The number of aromatic nitrogens is 1. The van der Waals surface area contributed by atoms with Crippen LogP contribution >= 0.6 is 43.2 Å². The van der Waals surface area contributed by atoms with E-state index in [-0.39, 0.29) is 0 Å². The third kappa shape index (κ3) is 2.09. The van der Waals surface area contributed by atoms with E-state index in [1.165, 1.54) is 20.3 Å². The first-order chi connectivity index (χ1) is 8.25. The Hall–Kier alpha value is -0.580. The maximum atomic E-state index is 3.58. The van der Waals surface area contributed by atoms with Crippen LogP contribution in [0.2, 0.25) is 0 Å². The Morgan fingerprint density at radius 1 is 1.06 bits per heavy atom. The van der Waals surface area contributed by atoms with Crippen LogP contribution in [0.15, 0.2) is 50.9 Å². The van der Waals surface area contributed by atoms with Crippen molar-refractivity contribution in [3.8, 4) is 0 Å². The van der Waals surface area contributed by atoms with Gasteiger partial charge in [-0.3, -0.25) is 0 Å². The fraction of sp³-hybridized carbons (Fsp3) is 0.0769. The molecular weight excluding hydrogens is 362 g/mol. The number of nitrogens with zero attached hydrogens (tertiary/aromatic N) is 1. The Labute approximate surface area is 120 Å². The minimum atomic E-state index is 0.915. The quantitative estimate of drug-likeness (QED) is 0.578. The zero-order chi connectivity index (χ0) is 11.8. The summed E-state index contributed by atoms with van der Waals surface area (Å²) in [6.07, 6.45) is 2.14. The molecule has 0 bridgehead atoms. The predicted molar refractivity (Wildman–Crippen MR) is 80.8 cm³/mol. The van der Waals surface area contributed by atoms with E-state index in [4.69, 9.17) is 0 Å². The molecule has 0 aliphatic rings. The highest BCUT2D eigenvalue weighted by Crippen LogP contribution is 2.28. The van der Waals surface area contributed by atoms with Crippen molar-refractivity contribution in [2.45, 2.75) is 6.54 Å². The van der Waals surface area contributed by atoms with Crippen molar-refractivity contribution in [2.24, 2.45) is 0 Å². The van der Waals surface area contributed by atoms with Crippen LogP contribution in [0.1, 0.15) is 4.88 Å². The summed E-state index contributed by atoms with van der Waals surface area (Å²) in [5.41, 5.74) is 1.26. The Kier molecular flexibility index (Phi) is 3.11. The Morgan fingerprint density at radius 2 is 1.94 bits per heavy atom. The highest BCUT2D eigenvalue weighted by atomic mass is 79.9. The van der Waals surface area contributed by atoms with Crippen molar-refractivity contribution in [3.63, 3.8) is 0 Å². The molecule has 0 N–H and O–H groups in total. The van der Waals surface area contributed by atoms with E-state index in [2.05, 4.69) is 78.3 Å². The van der Waals surface area contributed by atoms with Crippen LogP contribution < -0.4 is 0 Å². The van der Waals surface area contributed by atoms with Gasteiger partial charge in [0.05, 0.1) is 6.54 Å². The van der Waals surface area contributed by atoms with Gasteiger partial charge in [0.15, 0.2) is 0 Å². The lowest BCUT2D eigenvalue weighted by atomic mass is 10.2. The van der Waals surface area contributed by atoms with Crippen LogP contribution in [0, 0.1) is 0 Å². The summed E-state index contributed by atoms with van der Waals surface area (Å²) in [7, 11) is 0. The first-order valence-electron chi connectivity index (χ1n) is 5.21. The molecule has 0 aliphatic carbocycles. The second-order valence-electron chi connectivity index (χ2n) is 3.81. The minimum absolute atomic E-state index is 0.915. The number of benzene rings is 1. The molecule has 0 amide bonds. The van der Waals surface area contributed by atoms with Gasteiger partial charge in [-0.15, -0.1) is 11.3 Å². The van der Waals surface area contributed by atoms with Gasteiger partial charge in [0, 0.05) is 30.9 Å². The lowest BCUT2D eigenvalue weighted by molar-refractivity contribution is 0.848. The molecule has 0 saturated carbocycles. The minimum Gasteiger partial charge on any atom is -0.342 e. The summed E-state index contributed by atoms with van der Waals surface area (Å²) >= 11 is 8.94. The van der Waals surface area contributed by atoms with Gasteiger partial charge in [-0.05, 0) is 45.6 Å². The molecule has 3 rings (SSSR count). The molecule has 0 unspecified atom stereocenters. The van der Waals surface area contributed by atoms with Gasteiger partial charge in [-0.2, -0.15) is 0 Å². The highest BCUT2D eigenvalue weighted by Gasteiger charge is 2.06. The lowest BCUT2D eigenvalue weighted by Crippen LogP contribution is -1.95. The van der Waals surface area contributed by atoms with Crippen molar-refractivity contribution in [1.29, 1.82) is 0 Å². The van der Waals surface area contributed by atoms with E-state index in [0.717, 1.165) is 11.0 Å². The number of thiophene rings is 1. The number of hydrogen-bond donors (Lipinski definition) is 0. The Bertz CT molecular complexity index is 669. The fourth-order valence-corrected chi connectivity index (χ4v) is 3.88. The average Bonchev–Trinajstić information content (AvgIpc) is 2.89. The van der Waals surface area contributed by atoms with Crippen LogP contribution in [-0.4, -0.2) is 4.57 Å². The molecule has 0 atom stereocenters. The van der Waals surface area contributed by atoms with E-state index >= 15 is 0 Å². The fourth-order valence-electron chi connectivity index (χ4n) is 1.92. The molecule has 0 saturated heterocycles. The molecule has 0 radical (unpaired) electrons. The molecule has 1 nitrogen and oxygen atoms in total. The largest absolute Gasteiger partial charge is 0.342 e. The van der Waals surface area contributed by atoms with Crippen LogP contribution in [0.25, 0.3) is 10.9 Å². The summed E-state index contributed by atoms with van der Waals surface area (Å²) in [4.78, 5) is 1.35. The smallest absolute Gasteiger partial charge is 0.0580 e. The van der Waals surface area contributed by atoms with Crippen LogP contribution in [0.4, 0.5) is 0 Å². The molecule has 17 heavy (non-hydrogen) atoms. The molecule has 4 heteroatoms. The summed E-state index contributed by atoms with van der Waals surface area (Å²) in [6, 6.07) is 10.6. The third-order valence-corrected chi connectivity index (χ3v) is 5.37. The molecule has 2 heterocycles. The average molecular weight is 371 g/mol. The Balaban J connectivity index is 2.07. The molecule has 2 aromatic heterocycles. The van der Waals surface area contributed by atoms with E-state index in [1.807, 2.05) is 0 Å². The zero-order valence-corrected chi connectivity index (χ0v) is 12.8. The van der Waals surface area contributed by atoms with E-state index in [0.29, 0.717) is 0 Å². The van der Waals surface area contributed by atoms with E-state index < -0.39 is 0 Å². The summed E-state index contributed by atoms with van der Waals surface area (Å²) in [5.74, 6) is 0. The van der Waals surface area contributed by atoms with Crippen molar-refractivity contribution >= 4 is 54.1 Å². The Morgan fingerprint density at radius 3 is 2.71 bits per heavy atom. The van der Waals surface area contributed by atoms with Crippen molar-refractivity contribution in [2.75, 3.05) is 0 Å². The second kappa shape index (κ2) is 4.59. The van der Waals surface area contributed by atoms with Crippen molar-refractivity contribution in [1.82, 2.24) is 4.57 Å². The molecule has 3 aromatic rings. The van der Waals surface area contributed by atoms with Gasteiger partial charge in [-0.1, -0.05) is 22.0 Å². The van der Waals surface area contributed by atoms with E-state index in [9.17, 15) is 0 Å². The molecule has 1 aromatic carbocycles. The predicted octanol–water partition coefficient (Wildman–Crippen LogP) is 5.28. The molecule has 86 valence electrons. The topological polar surface area (TPSA) is 4.93 Å². The monoisotopic (exact) mass is 369 g/mol. The summed E-state index contributed by atoms with van der Waals surface area (Å²) in [5, 5.41) is 3.38. The SMILES string of the molecule is Brc1ccsc1Cn1ccc2c(Br)cccc21. The molecule has 0 aliphatic heterocycles. The maximum absolute atomic E-state index is 3.58. The maximum Gasteiger partial charge on any atom is 0.0580 e. The third-order valence-electron chi connectivity index (χ3n) is 2.77. The van der Waals surface area contributed by atoms with Gasteiger partial charge >= 0.3 is 0 Å². The number of halogens is 2.